The van der Waals surface area contributed by atoms with E-state index in [9.17, 15) is 8.42 Å². The molecule has 6 nitrogen and oxygen atoms in total. The van der Waals surface area contributed by atoms with Crippen molar-refractivity contribution >= 4 is 10.0 Å². The van der Waals surface area contributed by atoms with Gasteiger partial charge in [-0.3, -0.25) is 0 Å². The molecule has 120 valence electrons. The third kappa shape index (κ3) is 6.05. The maximum Gasteiger partial charge on any atom is 0.214 e. The van der Waals surface area contributed by atoms with E-state index in [0.29, 0.717) is 38.6 Å². The van der Waals surface area contributed by atoms with Crippen LogP contribution in [0, 0.1) is 5.92 Å². The first-order valence-corrected chi connectivity index (χ1v) is 8.99. The Morgan fingerprint density at radius 3 is 2.65 bits per heavy atom. The molecular weight excluding hydrogens is 278 g/mol. The fourth-order valence-electron chi connectivity index (χ4n) is 2.44. The number of nitrogens with zero attached hydrogens (tertiary/aromatic N) is 2. The monoisotopic (exact) mass is 307 g/mol. The Hall–Kier alpha value is -0.210. The zero-order valence-electron chi connectivity index (χ0n) is 12.8. The van der Waals surface area contributed by atoms with Crippen LogP contribution in [0.15, 0.2) is 0 Å². The number of rotatable bonds is 8. The highest BCUT2D eigenvalue weighted by molar-refractivity contribution is 7.89. The lowest BCUT2D eigenvalue weighted by atomic mass is 10.1. The second-order valence-electron chi connectivity index (χ2n) is 5.56. The second kappa shape index (κ2) is 8.94. The van der Waals surface area contributed by atoms with E-state index in [1.807, 2.05) is 0 Å². The van der Waals surface area contributed by atoms with Crippen molar-refractivity contribution in [3.05, 3.63) is 0 Å². The van der Waals surface area contributed by atoms with Crippen molar-refractivity contribution < 1.29 is 13.2 Å². The predicted octanol–water partition coefficient (Wildman–Crippen LogP) is -0.0448. The quantitative estimate of drug-likeness (QED) is 0.637. The van der Waals surface area contributed by atoms with Crippen LogP contribution < -0.4 is 5.73 Å². The predicted molar refractivity (Wildman–Crippen MR) is 81.1 cm³/mol. The van der Waals surface area contributed by atoms with Gasteiger partial charge in [0.05, 0.1) is 5.75 Å². The smallest absolute Gasteiger partial charge is 0.214 e. The van der Waals surface area contributed by atoms with Crippen molar-refractivity contribution in [2.24, 2.45) is 11.7 Å². The van der Waals surface area contributed by atoms with Gasteiger partial charge in [-0.2, -0.15) is 0 Å². The molecule has 1 unspecified atom stereocenters. The summed E-state index contributed by atoms with van der Waals surface area (Å²) in [5.74, 6) is 0.639. The molecule has 0 spiro atoms. The number of nitrogens with two attached hydrogens (primary N) is 1. The minimum absolute atomic E-state index is 0.181. The van der Waals surface area contributed by atoms with E-state index in [4.69, 9.17) is 10.5 Å². The summed E-state index contributed by atoms with van der Waals surface area (Å²) >= 11 is 0. The van der Waals surface area contributed by atoms with Crippen LogP contribution in [0.5, 0.6) is 0 Å². The SMILES string of the molecule is COCCCS(=O)(=O)N1CCCN(CC(C)CN)CC1. The molecule has 0 saturated carbocycles. The first-order valence-electron chi connectivity index (χ1n) is 7.38. The molecule has 0 bridgehead atoms. The molecule has 0 aromatic rings. The summed E-state index contributed by atoms with van der Waals surface area (Å²) in [6.45, 7) is 7.22. The Kier molecular flexibility index (Phi) is 7.98. The third-order valence-corrected chi connectivity index (χ3v) is 5.62. The molecule has 0 aromatic heterocycles. The second-order valence-corrected chi connectivity index (χ2v) is 7.64. The first kappa shape index (κ1) is 17.8. The van der Waals surface area contributed by atoms with Crippen molar-refractivity contribution in [2.75, 3.05) is 58.7 Å². The lowest BCUT2D eigenvalue weighted by molar-refractivity contribution is 0.199. The fraction of sp³-hybridized carbons (Fsp3) is 1.00. The van der Waals surface area contributed by atoms with Gasteiger partial charge in [-0.05, 0) is 31.8 Å². The van der Waals surface area contributed by atoms with Crippen LogP contribution in [0.2, 0.25) is 0 Å². The maximum absolute atomic E-state index is 12.2. The number of methoxy groups -OCH3 is 1. The van der Waals surface area contributed by atoms with Crippen LogP contribution in [0.4, 0.5) is 0 Å². The zero-order valence-corrected chi connectivity index (χ0v) is 13.6. The van der Waals surface area contributed by atoms with Gasteiger partial charge in [-0.1, -0.05) is 6.92 Å². The van der Waals surface area contributed by atoms with Gasteiger partial charge in [-0.25, -0.2) is 12.7 Å². The highest BCUT2D eigenvalue weighted by Crippen LogP contribution is 2.11. The van der Waals surface area contributed by atoms with Crippen molar-refractivity contribution in [1.82, 2.24) is 9.21 Å². The molecule has 0 aliphatic carbocycles. The topological polar surface area (TPSA) is 75.9 Å². The van der Waals surface area contributed by atoms with Crippen LogP contribution in [-0.2, 0) is 14.8 Å². The van der Waals surface area contributed by atoms with Gasteiger partial charge < -0.3 is 15.4 Å². The van der Waals surface area contributed by atoms with Crippen LogP contribution >= 0.6 is 0 Å². The molecule has 0 amide bonds. The third-order valence-electron chi connectivity index (χ3n) is 3.66. The molecule has 1 fully saturated rings. The molecule has 1 rings (SSSR count). The Bertz CT molecular complexity index is 362. The summed E-state index contributed by atoms with van der Waals surface area (Å²) in [5.41, 5.74) is 5.65. The molecule has 0 aromatic carbocycles. The average molecular weight is 307 g/mol. The molecular formula is C13H29N3O3S. The van der Waals surface area contributed by atoms with E-state index >= 15 is 0 Å². The lowest BCUT2D eigenvalue weighted by Crippen LogP contribution is -2.38. The Labute approximate surface area is 123 Å². The maximum atomic E-state index is 12.2. The van der Waals surface area contributed by atoms with Crippen molar-refractivity contribution in [3.63, 3.8) is 0 Å². The summed E-state index contributed by atoms with van der Waals surface area (Å²) in [6, 6.07) is 0. The fourth-order valence-corrected chi connectivity index (χ4v) is 3.95. The van der Waals surface area contributed by atoms with E-state index in [2.05, 4.69) is 11.8 Å². The molecule has 0 radical (unpaired) electrons. The molecule has 1 atom stereocenters. The van der Waals surface area contributed by atoms with Crippen LogP contribution in [0.25, 0.3) is 0 Å². The van der Waals surface area contributed by atoms with Gasteiger partial charge in [0.1, 0.15) is 0 Å². The lowest BCUT2D eigenvalue weighted by Gasteiger charge is -2.23. The minimum atomic E-state index is -3.13. The largest absolute Gasteiger partial charge is 0.385 e. The first-order chi connectivity index (χ1) is 9.49. The average Bonchev–Trinajstić information content (AvgIpc) is 2.65. The van der Waals surface area contributed by atoms with E-state index < -0.39 is 10.0 Å². The summed E-state index contributed by atoms with van der Waals surface area (Å²) in [6.07, 6.45) is 1.45. The summed E-state index contributed by atoms with van der Waals surface area (Å²) in [4.78, 5) is 2.32. The van der Waals surface area contributed by atoms with Gasteiger partial charge in [0.25, 0.3) is 0 Å². The van der Waals surface area contributed by atoms with Gasteiger partial charge in [0, 0.05) is 39.9 Å². The Morgan fingerprint density at radius 2 is 2.00 bits per heavy atom. The van der Waals surface area contributed by atoms with Gasteiger partial charge in [0.2, 0.25) is 10.0 Å². The summed E-state index contributed by atoms with van der Waals surface area (Å²) in [5, 5.41) is 0. The highest BCUT2D eigenvalue weighted by atomic mass is 32.2. The van der Waals surface area contributed by atoms with E-state index in [1.165, 1.54) is 0 Å². The highest BCUT2D eigenvalue weighted by Gasteiger charge is 2.24. The molecule has 1 aliphatic rings. The number of hydrogen-bond acceptors (Lipinski definition) is 5. The van der Waals surface area contributed by atoms with Crippen molar-refractivity contribution in [2.45, 2.75) is 19.8 Å². The summed E-state index contributed by atoms with van der Waals surface area (Å²) in [7, 11) is -1.54. The number of ether oxygens (including phenoxy) is 1. The van der Waals surface area contributed by atoms with E-state index in [-0.39, 0.29) is 5.75 Å². The standard InChI is InChI=1S/C13H29N3O3S/c1-13(11-14)12-15-5-3-6-16(8-7-15)20(17,18)10-4-9-19-2/h13H,3-12,14H2,1-2H3. The van der Waals surface area contributed by atoms with Gasteiger partial charge in [0.15, 0.2) is 0 Å². The molecule has 7 heteroatoms. The van der Waals surface area contributed by atoms with Crippen LogP contribution in [-0.4, -0.2) is 76.4 Å². The van der Waals surface area contributed by atoms with E-state index in [0.717, 1.165) is 26.1 Å². The number of hydrogen-bond donors (Lipinski definition) is 1. The Morgan fingerprint density at radius 1 is 1.25 bits per heavy atom. The van der Waals surface area contributed by atoms with Crippen LogP contribution in [0.1, 0.15) is 19.8 Å². The molecule has 2 N–H and O–H groups in total. The van der Waals surface area contributed by atoms with Gasteiger partial charge in [-0.15, -0.1) is 0 Å². The van der Waals surface area contributed by atoms with E-state index in [1.54, 1.807) is 11.4 Å². The number of sulfonamides is 1. The van der Waals surface area contributed by atoms with Crippen molar-refractivity contribution in [1.29, 1.82) is 0 Å². The molecule has 1 saturated heterocycles. The molecule has 20 heavy (non-hydrogen) atoms. The summed E-state index contributed by atoms with van der Waals surface area (Å²) < 4.78 is 31.0. The molecule has 1 aliphatic heterocycles. The molecule has 1 heterocycles. The minimum Gasteiger partial charge on any atom is -0.385 e. The van der Waals surface area contributed by atoms with Crippen molar-refractivity contribution in [3.8, 4) is 0 Å². The zero-order chi connectivity index (χ0) is 15.0. The normalized spacial score (nSPS) is 20.8. The Balaban J connectivity index is 2.46. The van der Waals surface area contributed by atoms with Crippen LogP contribution in [0.3, 0.4) is 0 Å². The van der Waals surface area contributed by atoms with Gasteiger partial charge >= 0.3 is 0 Å².